The lowest BCUT2D eigenvalue weighted by Crippen LogP contribution is -2.31. The third kappa shape index (κ3) is 2.87. The first kappa shape index (κ1) is 10.8. The minimum Gasteiger partial charge on any atom is -0.447 e. The van der Waals surface area contributed by atoms with E-state index < -0.39 is 6.09 Å². The normalized spacial score (nSPS) is 15.4. The molecular weight excluding hydrogens is 182 g/mol. The van der Waals surface area contributed by atoms with Crippen LogP contribution in [0, 0.1) is 0 Å². The lowest BCUT2D eigenvalue weighted by Gasteiger charge is -2.09. The molecule has 4 heteroatoms. The highest BCUT2D eigenvalue weighted by Gasteiger charge is 2.27. The Morgan fingerprint density at radius 1 is 1.57 bits per heavy atom. The number of amides is 2. The number of imide groups is 1. The van der Waals surface area contributed by atoms with E-state index in [-0.39, 0.29) is 5.91 Å². The summed E-state index contributed by atoms with van der Waals surface area (Å²) in [6.07, 6.45) is 4.40. The third-order valence-electron chi connectivity index (χ3n) is 2.11. The Morgan fingerprint density at radius 3 is 2.93 bits per heavy atom. The molecule has 0 aromatic rings. The highest BCUT2D eigenvalue weighted by atomic mass is 16.6. The Labute approximate surface area is 83.5 Å². The molecule has 0 spiro atoms. The van der Waals surface area contributed by atoms with E-state index in [1.54, 1.807) is 0 Å². The second kappa shape index (κ2) is 5.42. The van der Waals surface area contributed by atoms with Crippen molar-refractivity contribution in [3.8, 4) is 0 Å². The fourth-order valence-corrected chi connectivity index (χ4v) is 1.32. The first-order chi connectivity index (χ1) is 6.75. The van der Waals surface area contributed by atoms with Gasteiger partial charge in [-0.2, -0.15) is 0 Å². The standard InChI is InChI=1S/C10H15NO3/c1-2-3-4-5-6-9(12)11-7-8-14-10(11)13/h2H,1,3-8H2. The van der Waals surface area contributed by atoms with Gasteiger partial charge in [0.25, 0.3) is 0 Å². The molecule has 0 N–H and O–H groups in total. The maximum absolute atomic E-state index is 11.4. The van der Waals surface area contributed by atoms with Gasteiger partial charge in [-0.1, -0.05) is 6.08 Å². The molecule has 1 fully saturated rings. The molecule has 78 valence electrons. The van der Waals surface area contributed by atoms with Crippen molar-refractivity contribution in [2.75, 3.05) is 13.2 Å². The number of unbranched alkanes of at least 4 members (excludes halogenated alkanes) is 2. The van der Waals surface area contributed by atoms with Gasteiger partial charge in [0.05, 0.1) is 6.54 Å². The van der Waals surface area contributed by atoms with Crippen molar-refractivity contribution in [3.05, 3.63) is 12.7 Å². The molecule has 0 aromatic carbocycles. The number of carbonyl (C=O) groups excluding carboxylic acids is 2. The molecule has 1 aliphatic rings. The zero-order valence-corrected chi connectivity index (χ0v) is 8.20. The molecule has 0 bridgehead atoms. The van der Waals surface area contributed by atoms with Crippen molar-refractivity contribution >= 4 is 12.0 Å². The summed E-state index contributed by atoms with van der Waals surface area (Å²) in [4.78, 5) is 23.6. The minimum absolute atomic E-state index is 0.128. The van der Waals surface area contributed by atoms with E-state index in [1.807, 2.05) is 6.08 Å². The van der Waals surface area contributed by atoms with Gasteiger partial charge in [-0.3, -0.25) is 4.79 Å². The lowest BCUT2D eigenvalue weighted by atomic mass is 10.2. The van der Waals surface area contributed by atoms with Crippen molar-refractivity contribution < 1.29 is 14.3 Å². The summed E-state index contributed by atoms with van der Waals surface area (Å²) in [6, 6.07) is 0. The van der Waals surface area contributed by atoms with E-state index in [0.29, 0.717) is 19.6 Å². The number of hydrogen-bond acceptors (Lipinski definition) is 3. The quantitative estimate of drug-likeness (QED) is 0.498. The third-order valence-corrected chi connectivity index (χ3v) is 2.11. The van der Waals surface area contributed by atoms with Crippen LogP contribution in [0.1, 0.15) is 25.7 Å². The Bertz CT molecular complexity index is 238. The maximum atomic E-state index is 11.4. The van der Waals surface area contributed by atoms with E-state index in [4.69, 9.17) is 0 Å². The molecule has 0 unspecified atom stereocenters. The molecule has 4 nitrogen and oxygen atoms in total. The van der Waals surface area contributed by atoms with Gasteiger partial charge in [0, 0.05) is 6.42 Å². The summed E-state index contributed by atoms with van der Waals surface area (Å²) >= 11 is 0. The van der Waals surface area contributed by atoms with E-state index >= 15 is 0 Å². The summed E-state index contributed by atoms with van der Waals surface area (Å²) < 4.78 is 4.66. The van der Waals surface area contributed by atoms with Crippen LogP contribution in [0.15, 0.2) is 12.7 Å². The topological polar surface area (TPSA) is 46.6 Å². The SMILES string of the molecule is C=CCCCCC(=O)N1CCOC1=O. The minimum atomic E-state index is -0.501. The average Bonchev–Trinajstić information content (AvgIpc) is 2.59. The second-order valence-corrected chi connectivity index (χ2v) is 3.19. The smallest absolute Gasteiger partial charge is 0.416 e. The summed E-state index contributed by atoms with van der Waals surface area (Å²) in [5.74, 6) is -0.128. The first-order valence-corrected chi connectivity index (χ1v) is 4.83. The Morgan fingerprint density at radius 2 is 2.36 bits per heavy atom. The predicted octanol–water partition coefficient (Wildman–Crippen LogP) is 1.71. The Kier molecular flexibility index (Phi) is 4.16. The summed E-state index contributed by atoms with van der Waals surface area (Å²) in [6.45, 7) is 4.33. The molecular formula is C10H15NO3. The Hall–Kier alpha value is -1.32. The van der Waals surface area contributed by atoms with E-state index in [1.165, 1.54) is 4.90 Å². The van der Waals surface area contributed by atoms with Crippen LogP contribution in [-0.4, -0.2) is 30.1 Å². The molecule has 1 aliphatic heterocycles. The summed E-state index contributed by atoms with van der Waals surface area (Å²) in [5.41, 5.74) is 0. The van der Waals surface area contributed by atoms with Crippen LogP contribution in [0.3, 0.4) is 0 Å². The van der Waals surface area contributed by atoms with Crippen molar-refractivity contribution in [2.45, 2.75) is 25.7 Å². The fourth-order valence-electron chi connectivity index (χ4n) is 1.32. The van der Waals surface area contributed by atoms with Crippen LogP contribution < -0.4 is 0 Å². The molecule has 0 aliphatic carbocycles. The van der Waals surface area contributed by atoms with Gasteiger partial charge in [-0.25, -0.2) is 9.69 Å². The predicted molar refractivity (Wildman–Crippen MR) is 51.7 cm³/mol. The summed E-state index contributed by atoms with van der Waals surface area (Å²) in [5, 5.41) is 0. The van der Waals surface area contributed by atoms with Crippen molar-refractivity contribution in [1.82, 2.24) is 4.90 Å². The number of allylic oxidation sites excluding steroid dienone is 1. The van der Waals surface area contributed by atoms with Gasteiger partial charge < -0.3 is 4.74 Å². The van der Waals surface area contributed by atoms with Crippen LogP contribution in [0.2, 0.25) is 0 Å². The van der Waals surface area contributed by atoms with Crippen LogP contribution in [-0.2, 0) is 9.53 Å². The van der Waals surface area contributed by atoms with Crippen LogP contribution in [0.25, 0.3) is 0 Å². The van der Waals surface area contributed by atoms with Crippen LogP contribution in [0.4, 0.5) is 4.79 Å². The Balaban J connectivity index is 2.20. The molecule has 1 rings (SSSR count). The van der Waals surface area contributed by atoms with Crippen LogP contribution >= 0.6 is 0 Å². The number of nitrogens with zero attached hydrogens (tertiary/aromatic N) is 1. The van der Waals surface area contributed by atoms with Crippen molar-refractivity contribution in [2.24, 2.45) is 0 Å². The number of carbonyl (C=O) groups is 2. The van der Waals surface area contributed by atoms with Gasteiger partial charge in [-0.05, 0) is 19.3 Å². The van der Waals surface area contributed by atoms with Gasteiger partial charge in [0.15, 0.2) is 0 Å². The molecule has 0 aromatic heterocycles. The maximum Gasteiger partial charge on any atom is 0.416 e. The number of cyclic esters (lactones) is 1. The van der Waals surface area contributed by atoms with Crippen molar-refractivity contribution in [3.63, 3.8) is 0 Å². The molecule has 14 heavy (non-hydrogen) atoms. The molecule has 0 saturated carbocycles. The number of rotatable bonds is 5. The highest BCUT2D eigenvalue weighted by Crippen LogP contribution is 2.08. The van der Waals surface area contributed by atoms with E-state index in [9.17, 15) is 9.59 Å². The average molecular weight is 197 g/mol. The molecule has 1 heterocycles. The molecule has 1 saturated heterocycles. The van der Waals surface area contributed by atoms with Gasteiger partial charge >= 0.3 is 6.09 Å². The zero-order chi connectivity index (χ0) is 10.4. The van der Waals surface area contributed by atoms with Crippen LogP contribution in [0.5, 0.6) is 0 Å². The zero-order valence-electron chi connectivity index (χ0n) is 8.20. The van der Waals surface area contributed by atoms with E-state index in [2.05, 4.69) is 11.3 Å². The van der Waals surface area contributed by atoms with Gasteiger partial charge in [-0.15, -0.1) is 6.58 Å². The summed E-state index contributed by atoms with van der Waals surface area (Å²) in [7, 11) is 0. The lowest BCUT2D eigenvalue weighted by molar-refractivity contribution is -0.127. The van der Waals surface area contributed by atoms with Gasteiger partial charge in [0.2, 0.25) is 5.91 Å². The largest absolute Gasteiger partial charge is 0.447 e. The first-order valence-electron chi connectivity index (χ1n) is 4.83. The molecule has 0 radical (unpaired) electrons. The fraction of sp³-hybridized carbons (Fsp3) is 0.600. The molecule has 0 atom stereocenters. The van der Waals surface area contributed by atoms with Crippen molar-refractivity contribution in [1.29, 1.82) is 0 Å². The highest BCUT2D eigenvalue weighted by molar-refractivity contribution is 5.92. The van der Waals surface area contributed by atoms with E-state index in [0.717, 1.165) is 19.3 Å². The number of hydrogen-bond donors (Lipinski definition) is 0. The molecule has 2 amide bonds. The van der Waals surface area contributed by atoms with Gasteiger partial charge in [0.1, 0.15) is 6.61 Å². The number of ether oxygens (including phenoxy) is 1. The second-order valence-electron chi connectivity index (χ2n) is 3.19. The monoisotopic (exact) mass is 197 g/mol.